The Balaban J connectivity index is 0.872. The van der Waals surface area contributed by atoms with Gasteiger partial charge in [0.05, 0.1) is 10.8 Å². The molecule has 13 nitrogen and oxygen atoms in total. The largest absolute Gasteiger partial charge is 0.691 e. The third kappa shape index (κ3) is 5.49. The van der Waals surface area contributed by atoms with E-state index in [4.69, 9.17) is 23.7 Å². The standard InChI is InChI=1S/C38H46F2O13S/c39-38(40,54-53-52-46)33(45)51-36-9-20-5-25(14-36)37(26(6-20)15-36)49-27(16-47-31(43)34-7-18-1-21(10-34)29(41)22(2-18)11-34)28(50-37)17-48-32(44)35-8-19-3-23(12-35)30(42)24(4-19)13-35/h18-28,46H,1-17H2/p-1. The lowest BCUT2D eigenvalue weighted by Gasteiger charge is -2.62. The first-order chi connectivity index (χ1) is 25.7. The molecule has 12 saturated carbocycles. The zero-order chi connectivity index (χ0) is 37.4. The van der Waals surface area contributed by atoms with Crippen LogP contribution in [-0.2, 0) is 57.0 Å². The number of carbonyl (C=O) groups is 5. The molecule has 0 amide bonds. The maximum absolute atomic E-state index is 14.5. The highest BCUT2D eigenvalue weighted by Gasteiger charge is 2.70. The predicted molar refractivity (Wildman–Crippen MR) is 173 cm³/mol. The summed E-state index contributed by atoms with van der Waals surface area (Å²) < 4.78 is 64.1. The number of alkyl halides is 2. The first-order valence-corrected chi connectivity index (χ1v) is 20.5. The molecule has 13 rings (SSSR count). The summed E-state index contributed by atoms with van der Waals surface area (Å²) in [6, 6.07) is 0. The van der Waals surface area contributed by atoms with Crippen LogP contribution in [0.5, 0.6) is 0 Å². The Labute approximate surface area is 314 Å². The molecule has 12 bridgehead atoms. The zero-order valence-electron chi connectivity index (χ0n) is 29.8. The van der Waals surface area contributed by atoms with Crippen LogP contribution in [0.15, 0.2) is 0 Å². The molecule has 1 spiro atoms. The number of ketones is 2. The fourth-order valence-corrected chi connectivity index (χ4v) is 14.5. The van der Waals surface area contributed by atoms with E-state index in [9.17, 15) is 38.0 Å². The van der Waals surface area contributed by atoms with E-state index in [0.29, 0.717) is 69.6 Å². The van der Waals surface area contributed by atoms with E-state index >= 15 is 0 Å². The number of halogens is 2. The molecule has 16 heteroatoms. The predicted octanol–water partition coefficient (Wildman–Crippen LogP) is 3.93. The Morgan fingerprint density at radius 1 is 0.685 bits per heavy atom. The highest BCUT2D eigenvalue weighted by Crippen LogP contribution is 2.65. The van der Waals surface area contributed by atoms with Crippen LogP contribution in [-0.4, -0.2) is 71.5 Å². The lowest BCUT2D eigenvalue weighted by Crippen LogP contribution is -2.65. The van der Waals surface area contributed by atoms with Crippen molar-refractivity contribution in [2.45, 2.75) is 125 Å². The van der Waals surface area contributed by atoms with Gasteiger partial charge < -0.3 is 28.9 Å². The zero-order valence-corrected chi connectivity index (χ0v) is 30.7. The molecule has 13 aliphatic rings. The summed E-state index contributed by atoms with van der Waals surface area (Å²) in [5.41, 5.74) is -2.61. The lowest BCUT2D eigenvalue weighted by atomic mass is 9.49. The molecule has 296 valence electrons. The van der Waals surface area contributed by atoms with Crippen LogP contribution in [0.2, 0.25) is 0 Å². The number of esters is 3. The van der Waals surface area contributed by atoms with Gasteiger partial charge in [0.15, 0.2) is 5.79 Å². The summed E-state index contributed by atoms with van der Waals surface area (Å²) in [5.74, 6) is -3.61. The second-order valence-corrected chi connectivity index (χ2v) is 19.8. The smallest absolute Gasteiger partial charge is 0.415 e. The Hall–Kier alpha value is -2.24. The number of ether oxygens (including phenoxy) is 5. The normalized spacial score (nSPS) is 48.9. The van der Waals surface area contributed by atoms with Crippen molar-refractivity contribution in [2.75, 3.05) is 13.2 Å². The first kappa shape index (κ1) is 36.1. The van der Waals surface area contributed by atoms with Gasteiger partial charge in [-0.15, -0.1) is 0 Å². The molecule has 13 fully saturated rings. The molecule has 12 aliphatic carbocycles. The first-order valence-electron chi connectivity index (χ1n) is 19.8. The van der Waals surface area contributed by atoms with Gasteiger partial charge in [-0.05, 0) is 114 Å². The maximum Gasteiger partial charge on any atom is 0.415 e. The van der Waals surface area contributed by atoms with E-state index in [1.807, 2.05) is 0 Å². The molecular weight excluding hydrogens is 734 g/mol. The summed E-state index contributed by atoms with van der Waals surface area (Å²) in [6.07, 6.45) is 7.14. The quantitative estimate of drug-likeness (QED) is 0.0971. The lowest BCUT2D eigenvalue weighted by molar-refractivity contribution is -0.777. The molecule has 0 aromatic carbocycles. The Bertz CT molecular complexity index is 1520. The van der Waals surface area contributed by atoms with Crippen LogP contribution in [0.4, 0.5) is 8.78 Å². The van der Waals surface area contributed by atoms with Crippen molar-refractivity contribution in [1.29, 1.82) is 0 Å². The summed E-state index contributed by atoms with van der Waals surface area (Å²) >= 11 is -0.722. The van der Waals surface area contributed by atoms with E-state index in [1.54, 1.807) is 0 Å². The number of rotatable bonds is 11. The molecule has 1 saturated heterocycles. The van der Waals surface area contributed by atoms with Gasteiger partial charge in [0, 0.05) is 35.5 Å². The van der Waals surface area contributed by atoms with Crippen LogP contribution in [0.25, 0.3) is 0 Å². The average molecular weight is 780 g/mol. The van der Waals surface area contributed by atoms with Gasteiger partial charge in [0.2, 0.25) is 0 Å². The molecule has 8 atom stereocenters. The fourth-order valence-electron chi connectivity index (χ4n) is 14.3. The van der Waals surface area contributed by atoms with Crippen molar-refractivity contribution in [3.63, 3.8) is 0 Å². The van der Waals surface area contributed by atoms with Crippen LogP contribution in [0, 0.1) is 64.1 Å². The SMILES string of the molecule is O=C1C2CC3CC1CC(C(=O)OCC1OC4(OC1COC(=O)C15CC6CC(C1)C(=O)C(C6)C5)C1CC5CC4CC(OC(=O)C(F)(F)SOO[O-])(C5)C1)(C3)C2. The molecule has 0 aromatic heterocycles. The highest BCUT2D eigenvalue weighted by atomic mass is 32.2. The summed E-state index contributed by atoms with van der Waals surface area (Å²) in [4.78, 5) is 66.2. The van der Waals surface area contributed by atoms with Crippen LogP contribution >= 0.6 is 12.0 Å². The Kier molecular flexibility index (Phi) is 8.28. The van der Waals surface area contributed by atoms with Crippen molar-refractivity contribution in [3.05, 3.63) is 0 Å². The minimum Gasteiger partial charge on any atom is -0.691 e. The molecule has 54 heavy (non-hydrogen) atoms. The topological polar surface area (TPSA) is 173 Å². The molecule has 0 aromatic rings. The van der Waals surface area contributed by atoms with Gasteiger partial charge in [-0.3, -0.25) is 24.2 Å². The Morgan fingerprint density at radius 3 is 1.57 bits per heavy atom. The van der Waals surface area contributed by atoms with Crippen LogP contribution < -0.4 is 5.26 Å². The van der Waals surface area contributed by atoms with Gasteiger partial charge >= 0.3 is 23.2 Å². The monoisotopic (exact) mass is 779 g/mol. The van der Waals surface area contributed by atoms with Gasteiger partial charge in [-0.1, -0.05) is 0 Å². The fraction of sp³-hybridized carbons (Fsp3) is 0.868. The minimum atomic E-state index is -4.18. The average Bonchev–Trinajstić information content (AvgIpc) is 3.50. The summed E-state index contributed by atoms with van der Waals surface area (Å²) in [5, 5.41) is 8.97. The van der Waals surface area contributed by atoms with Gasteiger partial charge in [-0.25, -0.2) is 4.79 Å². The maximum atomic E-state index is 14.5. The Morgan fingerprint density at radius 2 is 1.13 bits per heavy atom. The molecule has 0 radical (unpaired) electrons. The molecule has 1 aliphatic heterocycles. The number of carbonyl (C=O) groups excluding carboxylic acids is 5. The van der Waals surface area contributed by atoms with E-state index < -0.39 is 57.7 Å². The molecule has 8 unspecified atom stereocenters. The summed E-state index contributed by atoms with van der Waals surface area (Å²) in [6.45, 7) is -0.308. The molecule has 0 N–H and O–H groups in total. The number of Topliss-reactive ketones (excluding diaryl/α,β-unsaturated/α-hetero) is 2. The van der Waals surface area contributed by atoms with Gasteiger partial charge in [0.25, 0.3) is 0 Å². The van der Waals surface area contributed by atoms with E-state index in [2.05, 4.69) is 9.37 Å². The van der Waals surface area contributed by atoms with Crippen LogP contribution in [0.1, 0.15) is 96.3 Å². The number of hydrogen-bond acceptors (Lipinski definition) is 14. The second-order valence-electron chi connectivity index (χ2n) is 18.9. The third-order valence-electron chi connectivity index (χ3n) is 15.7. The van der Waals surface area contributed by atoms with Crippen molar-refractivity contribution in [1.82, 2.24) is 0 Å². The molecule has 1 heterocycles. The number of hydrogen-bond donors (Lipinski definition) is 0. The minimum absolute atomic E-state index is 0.0568. The van der Waals surface area contributed by atoms with Crippen molar-refractivity contribution in [2.24, 2.45) is 64.1 Å². The highest BCUT2D eigenvalue weighted by molar-refractivity contribution is 7.96. The van der Waals surface area contributed by atoms with Crippen molar-refractivity contribution >= 4 is 41.5 Å². The third-order valence-corrected chi connectivity index (χ3v) is 16.2. The van der Waals surface area contributed by atoms with Crippen LogP contribution in [0.3, 0.4) is 0 Å². The van der Waals surface area contributed by atoms with Gasteiger partial charge in [0.1, 0.15) is 54.6 Å². The van der Waals surface area contributed by atoms with E-state index in [1.165, 1.54) is 0 Å². The van der Waals surface area contributed by atoms with Crippen molar-refractivity contribution < 1.29 is 71.1 Å². The van der Waals surface area contributed by atoms with Gasteiger partial charge in [-0.2, -0.15) is 13.1 Å². The van der Waals surface area contributed by atoms with E-state index in [0.717, 1.165) is 25.7 Å². The van der Waals surface area contributed by atoms with Crippen molar-refractivity contribution in [3.8, 4) is 0 Å². The molecular formula is C38H45F2O13S-. The summed E-state index contributed by atoms with van der Waals surface area (Å²) in [7, 11) is 0. The second kappa shape index (κ2) is 12.4. The van der Waals surface area contributed by atoms with E-state index in [-0.39, 0.29) is 91.0 Å².